The van der Waals surface area contributed by atoms with Crippen molar-refractivity contribution in [1.29, 1.82) is 0 Å². The molecule has 158 valence electrons. The number of nitrogens with zero attached hydrogens (tertiary/aromatic N) is 3. The van der Waals surface area contributed by atoms with Gasteiger partial charge in [-0.3, -0.25) is 19.4 Å². The van der Waals surface area contributed by atoms with E-state index in [2.05, 4.69) is 0 Å². The highest BCUT2D eigenvalue weighted by atomic mass is 32.2. The van der Waals surface area contributed by atoms with Gasteiger partial charge >= 0.3 is 0 Å². The van der Waals surface area contributed by atoms with E-state index in [1.807, 2.05) is 30.9 Å². The molecule has 0 N–H and O–H groups in total. The molecule has 29 heavy (non-hydrogen) atoms. The summed E-state index contributed by atoms with van der Waals surface area (Å²) in [6.45, 7) is 5.78. The fourth-order valence-corrected chi connectivity index (χ4v) is 6.54. The predicted molar refractivity (Wildman–Crippen MR) is 108 cm³/mol. The number of fused-ring (bicyclic) bond motifs is 1. The molecular formula is C21H29N3O4S. The third-order valence-corrected chi connectivity index (χ3v) is 8.61. The molecule has 0 aromatic heterocycles. The van der Waals surface area contributed by atoms with Gasteiger partial charge in [0.2, 0.25) is 21.8 Å². The Bertz CT molecular complexity index is 898. The molecule has 2 aliphatic heterocycles. The number of carbonyl (C=O) groups excluding carboxylic acids is 2. The summed E-state index contributed by atoms with van der Waals surface area (Å²) in [7, 11) is -3.54. The first-order valence-corrected chi connectivity index (χ1v) is 11.9. The van der Waals surface area contributed by atoms with Crippen LogP contribution in [0.2, 0.25) is 0 Å². The Kier molecular flexibility index (Phi) is 5.52. The van der Waals surface area contributed by atoms with E-state index in [1.54, 1.807) is 6.07 Å². The molecule has 7 nitrogen and oxygen atoms in total. The SMILES string of the molecule is Cc1ccc(S(=O)(=O)N2CCN(CN3C(=O)[C@H]4CCCC[C@H]4C3=O)CC2)c(C)c1. The third kappa shape index (κ3) is 3.73. The van der Waals surface area contributed by atoms with Gasteiger partial charge in [0.05, 0.1) is 23.4 Å². The first-order chi connectivity index (χ1) is 13.8. The van der Waals surface area contributed by atoms with Crippen molar-refractivity contribution >= 4 is 21.8 Å². The molecule has 0 spiro atoms. The van der Waals surface area contributed by atoms with Crippen LogP contribution in [-0.2, 0) is 19.6 Å². The van der Waals surface area contributed by atoms with E-state index in [4.69, 9.17) is 0 Å². The fourth-order valence-electron chi connectivity index (χ4n) is 4.91. The van der Waals surface area contributed by atoms with Crippen LogP contribution in [0.3, 0.4) is 0 Å². The Balaban J connectivity index is 1.39. The third-order valence-electron chi connectivity index (χ3n) is 6.55. The number of carbonyl (C=O) groups is 2. The van der Waals surface area contributed by atoms with Gasteiger partial charge in [-0.25, -0.2) is 8.42 Å². The number of aryl methyl sites for hydroxylation is 2. The van der Waals surface area contributed by atoms with Gasteiger partial charge in [0.25, 0.3) is 0 Å². The minimum absolute atomic E-state index is 0.0370. The van der Waals surface area contributed by atoms with E-state index >= 15 is 0 Å². The summed E-state index contributed by atoms with van der Waals surface area (Å²) in [5.41, 5.74) is 1.79. The number of hydrogen-bond acceptors (Lipinski definition) is 5. The highest BCUT2D eigenvalue weighted by Crippen LogP contribution is 2.38. The van der Waals surface area contributed by atoms with E-state index in [1.165, 1.54) is 9.21 Å². The number of benzene rings is 1. The quantitative estimate of drug-likeness (QED) is 0.695. The Hall–Kier alpha value is -1.77. The van der Waals surface area contributed by atoms with Crippen molar-refractivity contribution in [2.75, 3.05) is 32.8 Å². The van der Waals surface area contributed by atoms with Crippen molar-refractivity contribution in [3.8, 4) is 0 Å². The van der Waals surface area contributed by atoms with E-state index < -0.39 is 10.0 Å². The minimum Gasteiger partial charge on any atom is -0.283 e. The maximum absolute atomic E-state index is 13.0. The largest absolute Gasteiger partial charge is 0.283 e. The lowest BCUT2D eigenvalue weighted by atomic mass is 9.81. The smallest absolute Gasteiger partial charge is 0.243 e. The Morgan fingerprint density at radius 2 is 1.52 bits per heavy atom. The molecule has 3 aliphatic rings. The van der Waals surface area contributed by atoms with E-state index in [0.717, 1.165) is 36.8 Å². The zero-order valence-corrected chi connectivity index (χ0v) is 18.0. The highest BCUT2D eigenvalue weighted by molar-refractivity contribution is 7.89. The van der Waals surface area contributed by atoms with Gasteiger partial charge in [-0.1, -0.05) is 30.5 Å². The van der Waals surface area contributed by atoms with Gasteiger partial charge in [0, 0.05) is 26.2 Å². The van der Waals surface area contributed by atoms with E-state index in [-0.39, 0.29) is 30.3 Å². The van der Waals surface area contributed by atoms with Gasteiger partial charge in [-0.05, 0) is 38.3 Å². The summed E-state index contributed by atoms with van der Waals surface area (Å²) in [5, 5.41) is 0. The molecule has 4 rings (SSSR count). The lowest BCUT2D eigenvalue weighted by Crippen LogP contribution is -2.52. The minimum atomic E-state index is -3.54. The van der Waals surface area contributed by atoms with Crippen LogP contribution < -0.4 is 0 Å². The molecule has 0 radical (unpaired) electrons. The summed E-state index contributed by atoms with van der Waals surface area (Å²) in [5.74, 6) is -0.347. The van der Waals surface area contributed by atoms with Crippen LogP contribution in [0, 0.1) is 25.7 Å². The first kappa shape index (κ1) is 20.5. The second-order valence-electron chi connectivity index (χ2n) is 8.53. The van der Waals surface area contributed by atoms with Crippen molar-refractivity contribution in [2.24, 2.45) is 11.8 Å². The summed E-state index contributed by atoms with van der Waals surface area (Å²) < 4.78 is 27.6. The summed E-state index contributed by atoms with van der Waals surface area (Å²) in [6, 6.07) is 5.38. The van der Waals surface area contributed by atoms with Crippen molar-refractivity contribution < 1.29 is 18.0 Å². The topological polar surface area (TPSA) is 78.0 Å². The normalized spacial score (nSPS) is 26.8. The fraction of sp³-hybridized carbons (Fsp3) is 0.619. The predicted octanol–water partition coefficient (Wildman–Crippen LogP) is 1.74. The van der Waals surface area contributed by atoms with Crippen LogP contribution in [0.4, 0.5) is 0 Å². The van der Waals surface area contributed by atoms with Crippen molar-refractivity contribution in [3.63, 3.8) is 0 Å². The molecule has 3 fully saturated rings. The Morgan fingerprint density at radius 1 is 0.931 bits per heavy atom. The summed E-state index contributed by atoms with van der Waals surface area (Å²) in [4.78, 5) is 29.1. The van der Waals surface area contributed by atoms with E-state index in [0.29, 0.717) is 31.1 Å². The molecule has 2 saturated heterocycles. The van der Waals surface area contributed by atoms with Gasteiger partial charge < -0.3 is 0 Å². The van der Waals surface area contributed by atoms with Gasteiger partial charge in [-0.2, -0.15) is 4.31 Å². The number of hydrogen-bond donors (Lipinski definition) is 0. The van der Waals surface area contributed by atoms with E-state index in [9.17, 15) is 18.0 Å². The number of sulfonamides is 1. The molecule has 0 unspecified atom stereocenters. The summed E-state index contributed by atoms with van der Waals surface area (Å²) in [6.07, 6.45) is 3.66. The molecule has 0 bridgehead atoms. The molecule has 8 heteroatoms. The second-order valence-corrected chi connectivity index (χ2v) is 10.4. The molecule has 2 amide bonds. The van der Waals surface area contributed by atoms with Gasteiger partial charge in [0.1, 0.15) is 0 Å². The zero-order chi connectivity index (χ0) is 20.8. The average molecular weight is 420 g/mol. The Morgan fingerprint density at radius 3 is 2.07 bits per heavy atom. The molecule has 2 atom stereocenters. The van der Waals surface area contributed by atoms with Gasteiger partial charge in [-0.15, -0.1) is 0 Å². The number of rotatable bonds is 4. The number of imide groups is 1. The average Bonchev–Trinajstić information content (AvgIpc) is 2.93. The van der Waals surface area contributed by atoms with Crippen LogP contribution >= 0.6 is 0 Å². The number of piperazine rings is 1. The Labute approximate surface area is 172 Å². The van der Waals surface area contributed by atoms with Crippen molar-refractivity contribution in [2.45, 2.75) is 44.4 Å². The van der Waals surface area contributed by atoms with Crippen LogP contribution in [-0.4, -0.2) is 67.2 Å². The van der Waals surface area contributed by atoms with Crippen LogP contribution in [0.5, 0.6) is 0 Å². The monoisotopic (exact) mass is 419 g/mol. The van der Waals surface area contributed by atoms with Crippen molar-refractivity contribution in [3.05, 3.63) is 29.3 Å². The molecule has 1 aliphatic carbocycles. The highest BCUT2D eigenvalue weighted by Gasteiger charge is 2.48. The second kappa shape index (κ2) is 7.81. The van der Waals surface area contributed by atoms with Crippen molar-refractivity contribution in [1.82, 2.24) is 14.1 Å². The zero-order valence-electron chi connectivity index (χ0n) is 17.1. The number of amides is 2. The molecular weight excluding hydrogens is 390 g/mol. The molecule has 1 aromatic rings. The van der Waals surface area contributed by atoms with Gasteiger partial charge in [0.15, 0.2) is 0 Å². The standard InChI is InChI=1S/C21H29N3O4S/c1-15-7-8-19(16(2)13-15)29(27,28)23-11-9-22(10-12-23)14-24-20(25)17-5-3-4-6-18(17)21(24)26/h7-8,13,17-18H,3-6,9-12,14H2,1-2H3/t17-,18+. The van der Waals surface area contributed by atoms with Crippen LogP contribution in [0.1, 0.15) is 36.8 Å². The van der Waals surface area contributed by atoms with Crippen LogP contribution in [0.25, 0.3) is 0 Å². The molecule has 1 saturated carbocycles. The maximum Gasteiger partial charge on any atom is 0.243 e. The summed E-state index contributed by atoms with van der Waals surface area (Å²) >= 11 is 0. The lowest BCUT2D eigenvalue weighted by molar-refractivity contribution is -0.142. The number of likely N-dealkylation sites (tertiary alicyclic amines) is 1. The molecule has 1 aromatic carbocycles. The molecule has 2 heterocycles. The lowest BCUT2D eigenvalue weighted by Gasteiger charge is -2.35. The first-order valence-electron chi connectivity index (χ1n) is 10.4. The van der Waals surface area contributed by atoms with Crippen LogP contribution in [0.15, 0.2) is 23.1 Å². The maximum atomic E-state index is 13.0.